The van der Waals surface area contributed by atoms with E-state index in [9.17, 15) is 19.1 Å². The van der Waals surface area contributed by atoms with Crippen molar-refractivity contribution in [2.45, 2.75) is 43.9 Å². The molecule has 0 heterocycles. The van der Waals surface area contributed by atoms with Gasteiger partial charge in [0.05, 0.1) is 0 Å². The van der Waals surface area contributed by atoms with Crippen molar-refractivity contribution in [1.29, 1.82) is 0 Å². The molecule has 8 heteroatoms. The van der Waals surface area contributed by atoms with Gasteiger partial charge in [-0.3, -0.25) is 4.79 Å². The van der Waals surface area contributed by atoms with Crippen LogP contribution in [0.1, 0.15) is 36.8 Å². The maximum Gasteiger partial charge on any atom is 0.346 e. The van der Waals surface area contributed by atoms with E-state index in [1.807, 2.05) is 0 Å². The van der Waals surface area contributed by atoms with Crippen molar-refractivity contribution in [3.63, 3.8) is 0 Å². The predicted octanol–water partition coefficient (Wildman–Crippen LogP) is 6.73. The number of para-hydroxylation sites is 1. The van der Waals surface area contributed by atoms with Crippen LogP contribution in [0.15, 0.2) is 72.8 Å². The van der Waals surface area contributed by atoms with Gasteiger partial charge >= 0.3 is 11.9 Å². The first-order chi connectivity index (χ1) is 17.2. The van der Waals surface area contributed by atoms with E-state index >= 15 is 4.39 Å². The zero-order valence-electron chi connectivity index (χ0n) is 19.5. The fraction of sp³-hybridized carbons (Fsp3) is 0.286. The molecule has 3 atom stereocenters. The lowest BCUT2D eigenvalue weighted by atomic mass is 9.75. The number of halogens is 3. The zero-order valence-corrected chi connectivity index (χ0v) is 20.3. The summed E-state index contributed by atoms with van der Waals surface area (Å²) >= 11 is 6.00. The summed E-state index contributed by atoms with van der Waals surface area (Å²) in [5.74, 6) is -4.02. The molecule has 5 nitrogen and oxygen atoms in total. The first-order valence-electron chi connectivity index (χ1n) is 11.5. The summed E-state index contributed by atoms with van der Waals surface area (Å²) in [6.45, 7) is 1.09. The number of esters is 1. The smallest absolute Gasteiger partial charge is 0.346 e. The van der Waals surface area contributed by atoms with Crippen molar-refractivity contribution in [3.8, 4) is 11.5 Å². The fourth-order valence-corrected chi connectivity index (χ4v) is 4.64. The number of carbonyl (C=O) groups excluding carboxylic acids is 1. The second kappa shape index (κ2) is 10.7. The summed E-state index contributed by atoms with van der Waals surface area (Å²) in [5.41, 5.74) is -2.23. The third kappa shape index (κ3) is 5.68. The van der Waals surface area contributed by atoms with Gasteiger partial charge in [0.15, 0.2) is 6.10 Å². The van der Waals surface area contributed by atoms with E-state index < -0.39 is 35.4 Å². The van der Waals surface area contributed by atoms with Crippen LogP contribution in [0.4, 0.5) is 8.78 Å². The van der Waals surface area contributed by atoms with Gasteiger partial charge in [0, 0.05) is 30.4 Å². The Balaban J connectivity index is 1.76. The topological polar surface area (TPSA) is 72.8 Å². The van der Waals surface area contributed by atoms with Crippen LogP contribution in [0.5, 0.6) is 11.5 Å². The predicted molar refractivity (Wildman–Crippen MR) is 131 cm³/mol. The molecule has 0 amide bonds. The van der Waals surface area contributed by atoms with Crippen LogP contribution in [0.25, 0.3) is 0 Å². The largest absolute Gasteiger partial charge is 0.479 e. The molecule has 36 heavy (non-hydrogen) atoms. The first kappa shape index (κ1) is 25.6. The van der Waals surface area contributed by atoms with E-state index in [0.717, 1.165) is 19.1 Å². The van der Waals surface area contributed by atoms with Crippen LogP contribution in [0.2, 0.25) is 5.02 Å². The van der Waals surface area contributed by atoms with Gasteiger partial charge in [-0.1, -0.05) is 48.0 Å². The zero-order chi connectivity index (χ0) is 25.9. The maximum atomic E-state index is 17.0. The van der Waals surface area contributed by atoms with Crippen LogP contribution in [-0.4, -0.2) is 28.8 Å². The molecule has 0 aromatic heterocycles. The number of benzene rings is 3. The number of carbonyl (C=O) groups is 2. The first-order valence-corrected chi connectivity index (χ1v) is 11.9. The highest BCUT2D eigenvalue weighted by atomic mass is 35.5. The number of carboxylic acid groups (broad SMARTS) is 1. The van der Waals surface area contributed by atoms with Gasteiger partial charge in [-0.05, 0) is 60.2 Å². The lowest BCUT2D eigenvalue weighted by Crippen LogP contribution is -2.53. The molecule has 0 radical (unpaired) electrons. The average Bonchev–Trinajstić information content (AvgIpc) is 3.67. The molecule has 1 N–H and O–H groups in total. The minimum absolute atomic E-state index is 0.0700. The van der Waals surface area contributed by atoms with Crippen LogP contribution in [0.3, 0.4) is 0 Å². The molecular formula is C28H25ClF2O5. The third-order valence-corrected chi connectivity index (χ3v) is 6.54. The molecule has 0 saturated heterocycles. The Hall–Kier alpha value is -3.45. The average molecular weight is 515 g/mol. The molecule has 188 valence electrons. The molecule has 1 aliphatic carbocycles. The number of ether oxygens (including phenoxy) is 2. The molecule has 0 spiro atoms. The summed E-state index contributed by atoms with van der Waals surface area (Å²) in [6, 6.07) is 18.6. The van der Waals surface area contributed by atoms with Crippen LogP contribution >= 0.6 is 11.6 Å². The van der Waals surface area contributed by atoms with Gasteiger partial charge in [-0.2, -0.15) is 0 Å². The summed E-state index contributed by atoms with van der Waals surface area (Å²) in [5, 5.41) is 10.7. The van der Waals surface area contributed by atoms with Crippen molar-refractivity contribution in [2.24, 2.45) is 5.92 Å². The summed E-state index contributed by atoms with van der Waals surface area (Å²) in [4.78, 5) is 24.6. The Morgan fingerprint density at radius 1 is 1.08 bits per heavy atom. The number of alkyl halides is 1. The second-order valence-electron chi connectivity index (χ2n) is 8.91. The maximum absolute atomic E-state index is 17.0. The van der Waals surface area contributed by atoms with E-state index in [1.54, 1.807) is 54.6 Å². The van der Waals surface area contributed by atoms with Crippen LogP contribution < -0.4 is 4.74 Å². The Kier molecular flexibility index (Phi) is 7.59. The minimum Gasteiger partial charge on any atom is -0.479 e. The van der Waals surface area contributed by atoms with Crippen LogP contribution in [-0.2, 0) is 20.7 Å². The molecule has 0 bridgehead atoms. The van der Waals surface area contributed by atoms with E-state index in [0.29, 0.717) is 34.7 Å². The van der Waals surface area contributed by atoms with Gasteiger partial charge in [0.1, 0.15) is 17.3 Å². The highest BCUT2D eigenvalue weighted by Gasteiger charge is 2.59. The van der Waals surface area contributed by atoms with Gasteiger partial charge < -0.3 is 14.6 Å². The third-order valence-electron chi connectivity index (χ3n) is 6.29. The molecule has 3 aromatic carbocycles. The molecule has 1 aliphatic rings. The molecule has 3 aromatic rings. The standard InChI is InChI=1S/C28H25ClF2O5/c1-17(32)35-25(15-20-11-14-22(30)16-24(20)36-23-5-3-2-4-6-23)28(31,27(33)34)26(18-7-8-18)19-9-12-21(29)13-10-19/h2-6,9-14,16,18,25-26H,7-8,15H2,1H3,(H,33,34)/t25-,26?,28+/m0/s1. The second-order valence-corrected chi connectivity index (χ2v) is 9.35. The van der Waals surface area contributed by atoms with E-state index in [4.69, 9.17) is 21.1 Å². The molecule has 0 aliphatic heterocycles. The van der Waals surface area contributed by atoms with E-state index in [2.05, 4.69) is 0 Å². The van der Waals surface area contributed by atoms with Crippen molar-refractivity contribution in [2.75, 3.05) is 0 Å². The number of aliphatic carboxylic acids is 1. The number of hydrogen-bond donors (Lipinski definition) is 1. The normalized spacial score (nSPS) is 16.4. The van der Waals surface area contributed by atoms with Gasteiger partial charge in [-0.25, -0.2) is 13.6 Å². The van der Waals surface area contributed by atoms with Crippen molar-refractivity contribution in [1.82, 2.24) is 0 Å². The number of rotatable bonds is 10. The van der Waals surface area contributed by atoms with E-state index in [1.165, 1.54) is 6.07 Å². The lowest BCUT2D eigenvalue weighted by Gasteiger charge is -2.37. The van der Waals surface area contributed by atoms with Crippen molar-refractivity contribution < 1.29 is 33.0 Å². The quantitative estimate of drug-likeness (QED) is 0.304. The Morgan fingerprint density at radius 2 is 1.75 bits per heavy atom. The number of carboxylic acids is 1. The lowest BCUT2D eigenvalue weighted by molar-refractivity contribution is -0.174. The summed E-state index contributed by atoms with van der Waals surface area (Å²) in [7, 11) is 0. The molecular weight excluding hydrogens is 490 g/mol. The van der Waals surface area contributed by atoms with Gasteiger partial charge in [-0.15, -0.1) is 0 Å². The summed E-state index contributed by atoms with van der Waals surface area (Å²) in [6.07, 6.45) is -0.783. The highest BCUT2D eigenvalue weighted by Crippen LogP contribution is 2.52. The molecule has 1 unspecified atom stereocenters. The van der Waals surface area contributed by atoms with E-state index in [-0.39, 0.29) is 18.1 Å². The van der Waals surface area contributed by atoms with Gasteiger partial charge in [0.25, 0.3) is 5.67 Å². The molecule has 4 rings (SSSR count). The fourth-order valence-electron chi connectivity index (χ4n) is 4.51. The Bertz CT molecular complexity index is 1230. The molecule has 1 saturated carbocycles. The monoisotopic (exact) mass is 514 g/mol. The van der Waals surface area contributed by atoms with Crippen molar-refractivity contribution in [3.05, 3.63) is 94.8 Å². The minimum atomic E-state index is -2.97. The molecule has 1 fully saturated rings. The SMILES string of the molecule is CC(=O)O[C@@H](Cc1ccc(F)cc1Oc1ccccc1)[C@](F)(C(=O)O)C(c1ccc(Cl)cc1)C1CC1. The Morgan fingerprint density at radius 3 is 2.33 bits per heavy atom. The summed E-state index contributed by atoms with van der Waals surface area (Å²) < 4.78 is 42.3. The number of hydrogen-bond acceptors (Lipinski definition) is 4. The van der Waals surface area contributed by atoms with Crippen molar-refractivity contribution >= 4 is 23.5 Å². The highest BCUT2D eigenvalue weighted by molar-refractivity contribution is 6.30. The van der Waals surface area contributed by atoms with Crippen LogP contribution in [0, 0.1) is 11.7 Å². The Labute approximate surface area is 212 Å². The van der Waals surface area contributed by atoms with Gasteiger partial charge in [0.2, 0.25) is 0 Å².